The van der Waals surface area contributed by atoms with Crippen LogP contribution in [0.15, 0.2) is 36.5 Å². The minimum absolute atomic E-state index is 0. The van der Waals surface area contributed by atoms with Gasteiger partial charge in [0.1, 0.15) is 17.3 Å². The van der Waals surface area contributed by atoms with E-state index in [1.807, 2.05) is 42.1 Å². The van der Waals surface area contributed by atoms with Gasteiger partial charge in [-0.25, -0.2) is 9.97 Å². The number of fused-ring (bicyclic) bond motifs is 1. The molecular weight excluding hydrogens is 346 g/mol. The van der Waals surface area contributed by atoms with Crippen LogP contribution in [0.2, 0.25) is 0 Å². The van der Waals surface area contributed by atoms with Crippen molar-refractivity contribution < 1.29 is 9.47 Å². The molecule has 0 amide bonds. The molecule has 5 nitrogen and oxygen atoms in total. The number of aromatic amines is 1. The molecule has 2 aromatic heterocycles. The van der Waals surface area contributed by atoms with E-state index in [0.717, 1.165) is 40.6 Å². The van der Waals surface area contributed by atoms with Gasteiger partial charge in [0.15, 0.2) is 5.65 Å². The van der Waals surface area contributed by atoms with E-state index in [-0.39, 0.29) is 12.4 Å². The zero-order valence-electron chi connectivity index (χ0n) is 13.6. The number of imidazole rings is 1. The van der Waals surface area contributed by atoms with Gasteiger partial charge in [-0.15, -0.1) is 12.4 Å². The third-order valence-electron chi connectivity index (χ3n) is 3.45. The molecule has 0 saturated heterocycles. The highest BCUT2D eigenvalue weighted by Crippen LogP contribution is 2.32. The molecule has 3 rings (SSSR count). The van der Waals surface area contributed by atoms with Crippen molar-refractivity contribution in [3.63, 3.8) is 0 Å². The molecule has 7 heteroatoms. The highest BCUT2D eigenvalue weighted by Gasteiger charge is 2.12. The molecule has 128 valence electrons. The Bertz CT molecular complexity index is 761. The third-order valence-corrected chi connectivity index (χ3v) is 4.14. The van der Waals surface area contributed by atoms with Crippen LogP contribution < -0.4 is 9.47 Å². The molecule has 0 radical (unpaired) electrons. The van der Waals surface area contributed by atoms with Crippen molar-refractivity contribution in [1.82, 2.24) is 15.0 Å². The first-order valence-electron chi connectivity index (χ1n) is 7.42. The lowest BCUT2D eigenvalue weighted by atomic mass is 10.2. The summed E-state index contributed by atoms with van der Waals surface area (Å²) < 4.78 is 11.3. The van der Waals surface area contributed by atoms with Crippen molar-refractivity contribution >= 4 is 35.3 Å². The molecular formula is C17H20ClN3O2S. The first-order valence-corrected chi connectivity index (χ1v) is 8.82. The molecule has 0 atom stereocenters. The number of nitrogens with one attached hydrogen (secondary N) is 1. The van der Waals surface area contributed by atoms with Crippen LogP contribution >= 0.6 is 24.2 Å². The summed E-state index contributed by atoms with van der Waals surface area (Å²) in [7, 11) is 1.65. The Morgan fingerprint density at radius 1 is 1.25 bits per heavy atom. The molecule has 24 heavy (non-hydrogen) atoms. The molecule has 3 aromatic rings. The minimum atomic E-state index is 0. The van der Waals surface area contributed by atoms with E-state index in [1.165, 1.54) is 0 Å². The summed E-state index contributed by atoms with van der Waals surface area (Å²) in [5, 5.41) is 0. The number of benzene rings is 1. The zero-order chi connectivity index (χ0) is 16.1. The number of hydrogen-bond acceptors (Lipinski definition) is 5. The lowest BCUT2D eigenvalue weighted by molar-refractivity contribution is 0.316. The number of rotatable bonds is 7. The molecule has 0 aliphatic carbocycles. The summed E-state index contributed by atoms with van der Waals surface area (Å²) in [6.45, 7) is 0.706. The van der Waals surface area contributed by atoms with E-state index in [1.54, 1.807) is 13.3 Å². The Labute approximate surface area is 151 Å². The van der Waals surface area contributed by atoms with Gasteiger partial charge in [-0.1, -0.05) is 0 Å². The molecule has 1 aromatic carbocycles. The third kappa shape index (κ3) is 4.13. The molecule has 0 unspecified atom stereocenters. The molecule has 0 bridgehead atoms. The van der Waals surface area contributed by atoms with E-state index in [2.05, 4.69) is 21.2 Å². The summed E-state index contributed by atoms with van der Waals surface area (Å²) in [6, 6.07) is 9.63. The van der Waals surface area contributed by atoms with Crippen molar-refractivity contribution in [2.24, 2.45) is 0 Å². The average Bonchev–Trinajstić information content (AvgIpc) is 3.02. The fourth-order valence-corrected chi connectivity index (χ4v) is 2.73. The standard InChI is InChI=1S/C17H19N3O2S.ClH/c1-21-15-11-12(22-9-4-10-23-2)6-7-13(15)16-19-14-5-3-8-18-17(14)20-16;/h3,5-8,11H,4,9-10H2,1-2H3,(H,18,19,20);1H. The Hall–Kier alpha value is -1.92. The quantitative estimate of drug-likeness (QED) is 0.636. The Kier molecular flexibility index (Phi) is 6.75. The number of pyridine rings is 1. The maximum Gasteiger partial charge on any atom is 0.178 e. The predicted octanol–water partition coefficient (Wildman–Crippen LogP) is 4.19. The monoisotopic (exact) mass is 365 g/mol. The largest absolute Gasteiger partial charge is 0.496 e. The van der Waals surface area contributed by atoms with Crippen LogP contribution in [0.1, 0.15) is 6.42 Å². The maximum absolute atomic E-state index is 5.76. The second-order valence-corrected chi connectivity index (χ2v) is 6.00. The zero-order valence-corrected chi connectivity index (χ0v) is 15.2. The second kappa shape index (κ2) is 8.80. The molecule has 0 spiro atoms. The van der Waals surface area contributed by atoms with Gasteiger partial charge in [-0.05, 0) is 42.7 Å². The highest BCUT2D eigenvalue weighted by molar-refractivity contribution is 7.98. The lowest BCUT2D eigenvalue weighted by Crippen LogP contribution is -1.99. The normalized spacial score (nSPS) is 10.4. The van der Waals surface area contributed by atoms with Crippen LogP contribution in [0.5, 0.6) is 11.5 Å². The van der Waals surface area contributed by atoms with Gasteiger partial charge >= 0.3 is 0 Å². The van der Waals surface area contributed by atoms with Crippen LogP contribution in [-0.4, -0.2) is 40.7 Å². The smallest absolute Gasteiger partial charge is 0.178 e. The van der Waals surface area contributed by atoms with Crippen LogP contribution in [0, 0.1) is 0 Å². The minimum Gasteiger partial charge on any atom is -0.496 e. The highest BCUT2D eigenvalue weighted by atomic mass is 35.5. The second-order valence-electron chi connectivity index (χ2n) is 5.02. The van der Waals surface area contributed by atoms with Crippen LogP contribution in [-0.2, 0) is 0 Å². The van der Waals surface area contributed by atoms with Gasteiger partial charge in [0.2, 0.25) is 0 Å². The van der Waals surface area contributed by atoms with E-state index in [4.69, 9.17) is 9.47 Å². The van der Waals surface area contributed by atoms with Crippen LogP contribution in [0.25, 0.3) is 22.6 Å². The average molecular weight is 366 g/mol. The van der Waals surface area contributed by atoms with Crippen LogP contribution in [0.4, 0.5) is 0 Å². The van der Waals surface area contributed by atoms with E-state index >= 15 is 0 Å². The predicted molar refractivity (Wildman–Crippen MR) is 102 cm³/mol. The van der Waals surface area contributed by atoms with Gasteiger partial charge < -0.3 is 14.5 Å². The molecule has 1 N–H and O–H groups in total. The fourth-order valence-electron chi connectivity index (χ4n) is 2.32. The van der Waals surface area contributed by atoms with Crippen molar-refractivity contribution in [2.45, 2.75) is 6.42 Å². The molecule has 2 heterocycles. The van der Waals surface area contributed by atoms with Gasteiger partial charge in [0, 0.05) is 12.3 Å². The topological polar surface area (TPSA) is 60.0 Å². The first-order chi connectivity index (χ1) is 11.3. The Morgan fingerprint density at radius 2 is 2.12 bits per heavy atom. The molecule has 0 saturated carbocycles. The summed E-state index contributed by atoms with van der Waals surface area (Å²) in [6.07, 6.45) is 4.86. The lowest BCUT2D eigenvalue weighted by Gasteiger charge is -2.10. The molecule has 0 fully saturated rings. The summed E-state index contributed by atoms with van der Waals surface area (Å²) in [4.78, 5) is 12.0. The number of thioether (sulfide) groups is 1. The Morgan fingerprint density at radius 3 is 2.88 bits per heavy atom. The van der Waals surface area contributed by atoms with Crippen molar-refractivity contribution in [3.8, 4) is 22.9 Å². The van der Waals surface area contributed by atoms with Crippen molar-refractivity contribution in [2.75, 3.05) is 25.7 Å². The summed E-state index contributed by atoms with van der Waals surface area (Å²) in [5.74, 6) is 3.37. The van der Waals surface area contributed by atoms with Gasteiger partial charge in [-0.2, -0.15) is 11.8 Å². The number of ether oxygens (including phenoxy) is 2. The molecule has 0 aliphatic rings. The van der Waals surface area contributed by atoms with Gasteiger partial charge in [-0.3, -0.25) is 0 Å². The molecule has 0 aliphatic heterocycles. The number of aromatic nitrogens is 3. The summed E-state index contributed by atoms with van der Waals surface area (Å²) in [5.41, 5.74) is 2.49. The van der Waals surface area contributed by atoms with E-state index in [9.17, 15) is 0 Å². The van der Waals surface area contributed by atoms with Crippen molar-refractivity contribution in [1.29, 1.82) is 0 Å². The van der Waals surface area contributed by atoms with Crippen LogP contribution in [0.3, 0.4) is 0 Å². The maximum atomic E-state index is 5.76. The van der Waals surface area contributed by atoms with E-state index < -0.39 is 0 Å². The number of methoxy groups -OCH3 is 1. The number of hydrogen-bond donors (Lipinski definition) is 1. The van der Waals surface area contributed by atoms with Gasteiger partial charge in [0.05, 0.1) is 24.8 Å². The van der Waals surface area contributed by atoms with E-state index in [0.29, 0.717) is 12.3 Å². The SMILES string of the molecule is COc1cc(OCCCSC)ccc1-c1nc2ncccc2[nH]1.Cl. The number of halogens is 1. The first kappa shape index (κ1) is 18.4. The van der Waals surface area contributed by atoms with Gasteiger partial charge in [0.25, 0.3) is 0 Å². The summed E-state index contributed by atoms with van der Waals surface area (Å²) >= 11 is 1.82. The number of H-pyrrole nitrogens is 1. The Balaban J connectivity index is 0.00000208. The fraction of sp³-hybridized carbons (Fsp3) is 0.294. The van der Waals surface area contributed by atoms with Crippen molar-refractivity contribution in [3.05, 3.63) is 36.5 Å². The number of nitrogens with zero attached hydrogens (tertiary/aromatic N) is 2.